The van der Waals surface area contributed by atoms with Gasteiger partial charge in [-0.05, 0) is 5.30 Å². The molecule has 0 fully saturated rings. The van der Waals surface area contributed by atoms with Gasteiger partial charge >= 0.3 is 35.0 Å². The Morgan fingerprint density at radius 1 is 1.10 bits per heavy atom. The van der Waals surface area contributed by atoms with Gasteiger partial charge in [0.25, 0.3) is 0 Å². The van der Waals surface area contributed by atoms with E-state index < -0.39 is 0 Å². The molecule has 0 nitrogen and oxygen atoms in total. The second-order valence-electron chi connectivity index (χ2n) is 1.46. The van der Waals surface area contributed by atoms with Gasteiger partial charge in [-0.1, -0.05) is 30.3 Å². The molecule has 1 aromatic rings. The molecular weight excluding hydrogens is 280 g/mol. The van der Waals surface area contributed by atoms with Crippen LogP contribution in [0.15, 0.2) is 30.3 Å². The summed E-state index contributed by atoms with van der Waals surface area (Å²) in [5.74, 6) is 0. The Labute approximate surface area is 79.6 Å². The average molecular weight is 287 g/mol. The van der Waals surface area contributed by atoms with Crippen LogP contribution in [0.3, 0.4) is 0 Å². The van der Waals surface area contributed by atoms with Crippen molar-refractivity contribution < 1.29 is 15.9 Å². The maximum atomic E-state index is 4.81. The van der Waals surface area contributed by atoms with Gasteiger partial charge < -0.3 is 0 Å². The molecule has 1 unspecified atom stereocenters. The van der Waals surface area contributed by atoms with Crippen molar-refractivity contribution >= 4 is 33.6 Å². The van der Waals surface area contributed by atoms with Crippen molar-refractivity contribution in [2.75, 3.05) is 0 Å². The molecule has 0 aromatic heterocycles. The Morgan fingerprint density at radius 2 is 1.50 bits per heavy atom. The van der Waals surface area contributed by atoms with Gasteiger partial charge in [0, 0.05) is 0 Å². The molecule has 0 aliphatic carbocycles. The molecule has 0 saturated carbocycles. The predicted molar refractivity (Wildman–Crippen MR) is 47.5 cm³/mol. The van der Waals surface area contributed by atoms with Crippen LogP contribution in [0.2, 0.25) is 0 Å². The Morgan fingerprint density at radius 3 is 1.70 bits per heavy atom. The van der Waals surface area contributed by atoms with Gasteiger partial charge in [-0.2, -0.15) is 0 Å². The van der Waals surface area contributed by atoms with Gasteiger partial charge in [-0.25, -0.2) is 0 Å². The van der Waals surface area contributed by atoms with E-state index in [-0.39, 0.29) is 15.9 Å². The second-order valence-corrected chi connectivity index (χ2v) is 4.48. The van der Waals surface area contributed by atoms with E-state index in [0.29, 0.717) is 0 Å². The van der Waals surface area contributed by atoms with Crippen molar-refractivity contribution in [2.24, 2.45) is 0 Å². The molecule has 1 atom stereocenters. The van der Waals surface area contributed by atoms with E-state index in [2.05, 4.69) is 9.24 Å². The SMILES string of the molecule is Pc1ccccc1.[Cl][Pd][Cl]. The minimum atomic E-state index is -0.106. The summed E-state index contributed by atoms with van der Waals surface area (Å²) in [7, 11) is 12.3. The summed E-state index contributed by atoms with van der Waals surface area (Å²) >= 11 is -0.106. The van der Waals surface area contributed by atoms with E-state index in [1.165, 1.54) is 5.30 Å². The van der Waals surface area contributed by atoms with E-state index in [0.717, 1.165) is 0 Å². The van der Waals surface area contributed by atoms with Crippen LogP contribution in [0.1, 0.15) is 0 Å². The molecule has 0 aliphatic rings. The number of hydrogen-bond acceptors (Lipinski definition) is 0. The van der Waals surface area contributed by atoms with Crippen molar-refractivity contribution in [2.45, 2.75) is 0 Å². The molecule has 0 radical (unpaired) electrons. The van der Waals surface area contributed by atoms with Crippen LogP contribution < -0.4 is 5.30 Å². The topological polar surface area (TPSA) is 0 Å². The molecular formula is C6H7Cl2PPd. The normalized spacial score (nSPS) is 8.30. The van der Waals surface area contributed by atoms with Crippen molar-refractivity contribution in [1.82, 2.24) is 0 Å². The quantitative estimate of drug-likeness (QED) is 0.508. The Bertz CT molecular complexity index is 157. The molecule has 0 amide bonds. The first-order valence-corrected chi connectivity index (χ1v) is 7.02. The molecule has 0 N–H and O–H groups in total. The van der Waals surface area contributed by atoms with Gasteiger partial charge in [0.1, 0.15) is 0 Å². The molecule has 1 aromatic carbocycles. The fourth-order valence-corrected chi connectivity index (χ4v) is 0.675. The third-order valence-corrected chi connectivity index (χ3v) is 1.18. The van der Waals surface area contributed by atoms with Crippen LogP contribution in [0.4, 0.5) is 0 Å². The summed E-state index contributed by atoms with van der Waals surface area (Å²) in [4.78, 5) is 0. The number of halogens is 2. The summed E-state index contributed by atoms with van der Waals surface area (Å²) in [5, 5.41) is 1.24. The molecule has 0 bridgehead atoms. The summed E-state index contributed by atoms with van der Waals surface area (Å²) in [6.07, 6.45) is 0. The van der Waals surface area contributed by atoms with E-state index in [1.807, 2.05) is 30.3 Å². The van der Waals surface area contributed by atoms with Crippen molar-refractivity contribution in [1.29, 1.82) is 0 Å². The fraction of sp³-hybridized carbons (Fsp3) is 0. The van der Waals surface area contributed by atoms with Crippen LogP contribution in [0, 0.1) is 0 Å². The Hall–Kier alpha value is 0.892. The van der Waals surface area contributed by atoms with E-state index in [1.54, 1.807) is 0 Å². The Balaban J connectivity index is 0.000000236. The molecule has 60 valence electrons. The summed E-state index contributed by atoms with van der Waals surface area (Å²) < 4.78 is 0. The van der Waals surface area contributed by atoms with Crippen LogP contribution in [-0.4, -0.2) is 0 Å². The minimum absolute atomic E-state index is 0.106. The molecule has 10 heavy (non-hydrogen) atoms. The van der Waals surface area contributed by atoms with Gasteiger partial charge in [0.05, 0.1) is 0 Å². The third-order valence-electron chi connectivity index (χ3n) is 0.800. The number of rotatable bonds is 0. The van der Waals surface area contributed by atoms with Gasteiger partial charge in [0.15, 0.2) is 0 Å². The fourth-order valence-electron chi connectivity index (χ4n) is 0.453. The molecule has 1 rings (SSSR count). The van der Waals surface area contributed by atoms with E-state index >= 15 is 0 Å². The molecule has 0 aliphatic heterocycles. The number of benzene rings is 1. The first-order valence-electron chi connectivity index (χ1n) is 2.44. The van der Waals surface area contributed by atoms with Crippen molar-refractivity contribution in [3.8, 4) is 0 Å². The van der Waals surface area contributed by atoms with Gasteiger partial charge in [0.2, 0.25) is 0 Å². The summed E-state index contributed by atoms with van der Waals surface area (Å²) in [6, 6.07) is 10.1. The average Bonchev–Trinajstić information content (AvgIpc) is 1.91. The van der Waals surface area contributed by atoms with Crippen molar-refractivity contribution in [3.05, 3.63) is 30.3 Å². The van der Waals surface area contributed by atoms with Crippen molar-refractivity contribution in [3.63, 3.8) is 0 Å². The number of hydrogen-bond donors (Lipinski definition) is 0. The van der Waals surface area contributed by atoms with Gasteiger partial charge in [-0.15, -0.1) is 9.24 Å². The summed E-state index contributed by atoms with van der Waals surface area (Å²) in [6.45, 7) is 0. The van der Waals surface area contributed by atoms with Crippen LogP contribution in [-0.2, 0) is 15.9 Å². The zero-order valence-electron chi connectivity index (χ0n) is 5.04. The summed E-state index contributed by atoms with van der Waals surface area (Å²) in [5.41, 5.74) is 0. The standard InChI is InChI=1S/C6H7P.2ClH.Pd/c7-6-4-2-1-3-5-6;;;/h1-5H,7H2;2*1H;/q;;;+2/p-2. The second kappa shape index (κ2) is 7.99. The first-order chi connectivity index (χ1) is 4.81. The molecule has 0 spiro atoms. The van der Waals surface area contributed by atoms with Crippen LogP contribution in [0.5, 0.6) is 0 Å². The van der Waals surface area contributed by atoms with Crippen LogP contribution in [0.25, 0.3) is 0 Å². The zero-order chi connectivity index (χ0) is 7.82. The first kappa shape index (κ1) is 10.9. The monoisotopic (exact) mass is 286 g/mol. The van der Waals surface area contributed by atoms with Gasteiger partial charge in [-0.3, -0.25) is 0 Å². The van der Waals surface area contributed by atoms with E-state index in [9.17, 15) is 0 Å². The molecule has 0 saturated heterocycles. The molecule has 0 heterocycles. The zero-order valence-corrected chi connectivity index (χ0v) is 9.26. The third kappa shape index (κ3) is 7.00. The van der Waals surface area contributed by atoms with E-state index in [4.69, 9.17) is 19.1 Å². The maximum absolute atomic E-state index is 4.81. The predicted octanol–water partition coefficient (Wildman–Crippen LogP) is 2.56. The van der Waals surface area contributed by atoms with Crippen LogP contribution >= 0.6 is 28.3 Å². The Kier molecular flexibility index (Phi) is 8.71. The molecule has 4 heteroatoms.